The lowest BCUT2D eigenvalue weighted by molar-refractivity contribution is -0.117. The van der Waals surface area contributed by atoms with Crippen molar-refractivity contribution in [3.63, 3.8) is 0 Å². The maximum Gasteiger partial charge on any atom is 0.238 e. The number of carbonyl (C=O) groups excluding carboxylic acids is 1. The molecule has 2 atom stereocenters. The van der Waals surface area contributed by atoms with Crippen molar-refractivity contribution in [3.8, 4) is 0 Å². The summed E-state index contributed by atoms with van der Waals surface area (Å²) in [7, 11) is 1.95. The molecule has 5 heteroatoms. The first-order valence-corrected chi connectivity index (χ1v) is 6.96. The van der Waals surface area contributed by atoms with Crippen LogP contribution in [0.5, 0.6) is 0 Å². The fraction of sp³-hybridized carbons (Fsp3) is 0.533. The van der Waals surface area contributed by atoms with Crippen molar-refractivity contribution in [2.75, 3.05) is 31.2 Å². The second-order valence-electron chi connectivity index (χ2n) is 5.43. The molecule has 110 valence electrons. The fourth-order valence-corrected chi connectivity index (χ4v) is 2.68. The number of likely N-dealkylation sites (N-methyl/N-ethyl adjacent to an activating group) is 1. The predicted molar refractivity (Wildman–Crippen MR) is 80.7 cm³/mol. The highest BCUT2D eigenvalue weighted by Crippen LogP contribution is 2.23. The smallest absolute Gasteiger partial charge is 0.238 e. The summed E-state index contributed by atoms with van der Waals surface area (Å²) in [5.41, 5.74) is 8.17. The van der Waals surface area contributed by atoms with Gasteiger partial charge in [-0.2, -0.15) is 0 Å². The highest BCUT2D eigenvalue weighted by molar-refractivity contribution is 5.96. The van der Waals surface area contributed by atoms with Crippen molar-refractivity contribution in [2.45, 2.75) is 32.4 Å². The van der Waals surface area contributed by atoms with E-state index in [0.717, 1.165) is 18.6 Å². The minimum Gasteiger partial charge on any atom is -0.397 e. The summed E-state index contributed by atoms with van der Waals surface area (Å²) >= 11 is 0. The van der Waals surface area contributed by atoms with E-state index in [1.54, 1.807) is 6.07 Å². The first-order chi connectivity index (χ1) is 9.49. The molecule has 3 N–H and O–H groups in total. The number of amides is 1. The van der Waals surface area contributed by atoms with Gasteiger partial charge >= 0.3 is 0 Å². The molecule has 5 nitrogen and oxygen atoms in total. The minimum atomic E-state index is -0.0485. The zero-order chi connectivity index (χ0) is 14.7. The number of anilines is 2. The number of rotatable bonds is 4. The van der Waals surface area contributed by atoms with E-state index in [4.69, 9.17) is 10.5 Å². The molecule has 1 aliphatic rings. The van der Waals surface area contributed by atoms with Gasteiger partial charge in [0.2, 0.25) is 5.91 Å². The second kappa shape index (κ2) is 6.24. The lowest BCUT2D eigenvalue weighted by atomic mass is 10.1. The van der Waals surface area contributed by atoms with Crippen molar-refractivity contribution in [3.05, 3.63) is 23.8 Å². The van der Waals surface area contributed by atoms with Crippen molar-refractivity contribution in [2.24, 2.45) is 0 Å². The molecule has 0 saturated carbocycles. The zero-order valence-electron chi connectivity index (χ0n) is 12.3. The number of benzene rings is 1. The number of nitrogens with one attached hydrogen (secondary N) is 1. The van der Waals surface area contributed by atoms with Crippen LogP contribution in [0.15, 0.2) is 18.2 Å². The van der Waals surface area contributed by atoms with Crippen LogP contribution in [0.1, 0.15) is 18.9 Å². The van der Waals surface area contributed by atoms with E-state index >= 15 is 0 Å². The third kappa shape index (κ3) is 3.29. The van der Waals surface area contributed by atoms with Gasteiger partial charge < -0.3 is 15.8 Å². The number of aryl methyl sites for hydroxylation is 1. The van der Waals surface area contributed by atoms with Crippen LogP contribution in [0.3, 0.4) is 0 Å². The summed E-state index contributed by atoms with van der Waals surface area (Å²) in [6.45, 7) is 5.09. The standard InChI is InChI=1S/C15H23N3O2/c1-10-5-4-6-12(16)15(10)17-14(19)9-18(3)13-7-8-20-11(13)2/h4-6,11,13H,7-9,16H2,1-3H3,(H,17,19). The van der Waals surface area contributed by atoms with Crippen LogP contribution in [-0.4, -0.2) is 43.2 Å². The number of nitrogens with zero attached hydrogens (tertiary/aromatic N) is 1. The molecule has 0 aliphatic carbocycles. The predicted octanol–water partition coefficient (Wildman–Crippen LogP) is 1.62. The Morgan fingerprint density at radius 2 is 2.30 bits per heavy atom. The lowest BCUT2D eigenvalue weighted by Gasteiger charge is -2.26. The molecule has 1 heterocycles. The molecule has 1 amide bonds. The van der Waals surface area contributed by atoms with Crippen LogP contribution in [0, 0.1) is 6.92 Å². The first-order valence-electron chi connectivity index (χ1n) is 6.96. The van der Waals surface area contributed by atoms with Crippen molar-refractivity contribution in [1.29, 1.82) is 0 Å². The van der Waals surface area contributed by atoms with Gasteiger partial charge in [-0.25, -0.2) is 0 Å². The molecule has 1 aromatic rings. The number of para-hydroxylation sites is 1. The second-order valence-corrected chi connectivity index (χ2v) is 5.43. The van der Waals surface area contributed by atoms with Gasteiger partial charge in [-0.3, -0.25) is 9.69 Å². The molecule has 0 radical (unpaired) electrons. The Bertz CT molecular complexity index is 470. The van der Waals surface area contributed by atoms with Gasteiger partial charge in [0.25, 0.3) is 0 Å². The summed E-state index contributed by atoms with van der Waals surface area (Å²) in [6.07, 6.45) is 1.15. The van der Waals surface area contributed by atoms with Crippen molar-refractivity contribution in [1.82, 2.24) is 4.90 Å². The van der Waals surface area contributed by atoms with E-state index in [1.165, 1.54) is 0 Å². The van der Waals surface area contributed by atoms with Crippen LogP contribution < -0.4 is 11.1 Å². The number of hydrogen-bond acceptors (Lipinski definition) is 4. The number of ether oxygens (including phenoxy) is 1. The highest BCUT2D eigenvalue weighted by Gasteiger charge is 2.28. The van der Waals surface area contributed by atoms with Crippen molar-refractivity contribution < 1.29 is 9.53 Å². The van der Waals surface area contributed by atoms with Crippen LogP contribution in [0.25, 0.3) is 0 Å². The van der Waals surface area contributed by atoms with Gasteiger partial charge in [-0.15, -0.1) is 0 Å². The monoisotopic (exact) mass is 277 g/mol. The molecular formula is C15H23N3O2. The van der Waals surface area contributed by atoms with Crippen LogP contribution in [-0.2, 0) is 9.53 Å². The van der Waals surface area contributed by atoms with Crippen LogP contribution >= 0.6 is 0 Å². The number of nitrogen functional groups attached to an aromatic ring is 1. The number of hydrogen-bond donors (Lipinski definition) is 2. The quantitative estimate of drug-likeness (QED) is 0.821. The Morgan fingerprint density at radius 1 is 1.55 bits per heavy atom. The van der Waals surface area contributed by atoms with Crippen LogP contribution in [0.4, 0.5) is 11.4 Å². The maximum absolute atomic E-state index is 12.1. The Hall–Kier alpha value is -1.59. The van der Waals surface area contributed by atoms with Gasteiger partial charge in [-0.1, -0.05) is 12.1 Å². The largest absolute Gasteiger partial charge is 0.397 e. The Balaban J connectivity index is 1.95. The summed E-state index contributed by atoms with van der Waals surface area (Å²) in [4.78, 5) is 14.2. The fourth-order valence-electron chi connectivity index (χ4n) is 2.68. The third-order valence-electron chi connectivity index (χ3n) is 3.86. The molecule has 2 rings (SSSR count). The van der Waals surface area contributed by atoms with Gasteiger partial charge in [0, 0.05) is 12.6 Å². The normalized spacial score (nSPS) is 22.2. The molecule has 1 saturated heterocycles. The molecule has 0 aromatic heterocycles. The third-order valence-corrected chi connectivity index (χ3v) is 3.86. The molecule has 1 fully saturated rings. The Kier molecular flexibility index (Phi) is 4.62. The Morgan fingerprint density at radius 3 is 2.90 bits per heavy atom. The summed E-state index contributed by atoms with van der Waals surface area (Å²) in [5.74, 6) is -0.0485. The van der Waals surface area contributed by atoms with E-state index in [9.17, 15) is 4.79 Å². The average Bonchev–Trinajstić information content (AvgIpc) is 2.80. The maximum atomic E-state index is 12.1. The van der Waals surface area contributed by atoms with Gasteiger partial charge in [-0.05, 0) is 38.9 Å². The lowest BCUT2D eigenvalue weighted by Crippen LogP contribution is -2.41. The Labute approximate surface area is 120 Å². The average molecular weight is 277 g/mol. The van der Waals surface area contributed by atoms with E-state index in [0.29, 0.717) is 24.0 Å². The zero-order valence-corrected chi connectivity index (χ0v) is 12.3. The number of carbonyl (C=O) groups is 1. The van der Waals surface area contributed by atoms with E-state index in [1.807, 2.05) is 37.9 Å². The number of nitrogens with two attached hydrogens (primary N) is 1. The summed E-state index contributed by atoms with van der Waals surface area (Å²) in [5, 5.41) is 2.90. The molecule has 2 unspecified atom stereocenters. The van der Waals surface area contributed by atoms with Gasteiger partial charge in [0.05, 0.1) is 24.0 Å². The SMILES string of the molecule is Cc1cccc(N)c1NC(=O)CN(C)C1CCOC1C. The topological polar surface area (TPSA) is 67.6 Å². The van der Waals surface area contributed by atoms with E-state index < -0.39 is 0 Å². The van der Waals surface area contributed by atoms with E-state index in [-0.39, 0.29) is 12.0 Å². The molecule has 0 spiro atoms. The van der Waals surface area contributed by atoms with Crippen LogP contribution in [0.2, 0.25) is 0 Å². The van der Waals surface area contributed by atoms with Crippen molar-refractivity contribution >= 4 is 17.3 Å². The summed E-state index contributed by atoms with van der Waals surface area (Å²) < 4.78 is 5.53. The molecular weight excluding hydrogens is 254 g/mol. The summed E-state index contributed by atoms with van der Waals surface area (Å²) in [6, 6.07) is 5.90. The minimum absolute atomic E-state index is 0.0485. The molecule has 20 heavy (non-hydrogen) atoms. The highest BCUT2D eigenvalue weighted by atomic mass is 16.5. The molecule has 1 aromatic carbocycles. The molecule has 1 aliphatic heterocycles. The van der Waals surface area contributed by atoms with Gasteiger partial charge in [0.15, 0.2) is 0 Å². The van der Waals surface area contributed by atoms with Gasteiger partial charge in [0.1, 0.15) is 0 Å². The first kappa shape index (κ1) is 14.8. The van der Waals surface area contributed by atoms with E-state index in [2.05, 4.69) is 5.32 Å². The molecule has 0 bridgehead atoms.